The molecule has 3 rings (SSSR count). The molecule has 1 heterocycles. The third kappa shape index (κ3) is 6.42. The largest absolute Gasteiger partial charge is 0.457 e. The van der Waals surface area contributed by atoms with Gasteiger partial charge in [0.2, 0.25) is 5.76 Å². The number of hydrogen-bond donors (Lipinski definition) is 2. The van der Waals surface area contributed by atoms with Crippen molar-refractivity contribution in [3.8, 4) is 0 Å². The van der Waals surface area contributed by atoms with Crippen LogP contribution in [-0.2, 0) is 25.1 Å². The molecule has 9 nitrogen and oxygen atoms in total. The Bertz CT molecular complexity index is 1030. The molecule has 2 aromatic rings. The van der Waals surface area contributed by atoms with Gasteiger partial charge in [-0.05, 0) is 31.0 Å². The number of benzene rings is 1. The number of esters is 1. The fraction of sp³-hybridized carbons (Fsp3) is 0.381. The second-order valence-electron chi connectivity index (χ2n) is 7.28. The second kappa shape index (κ2) is 10.3. The smallest absolute Gasteiger partial charge is 0.375 e. The summed E-state index contributed by atoms with van der Waals surface area (Å²) in [5, 5.41) is 4.83. The Labute approximate surface area is 180 Å². The number of urea groups is 1. The molecule has 1 fully saturated rings. The van der Waals surface area contributed by atoms with E-state index in [0.717, 1.165) is 32.1 Å². The van der Waals surface area contributed by atoms with E-state index < -0.39 is 40.1 Å². The van der Waals surface area contributed by atoms with Crippen molar-refractivity contribution >= 4 is 27.7 Å². The highest BCUT2D eigenvalue weighted by Crippen LogP contribution is 2.20. The van der Waals surface area contributed by atoms with E-state index in [1.165, 1.54) is 24.5 Å². The first kappa shape index (κ1) is 22.5. The first-order valence-corrected chi connectivity index (χ1v) is 11.6. The fourth-order valence-electron chi connectivity index (χ4n) is 3.37. The van der Waals surface area contributed by atoms with Crippen LogP contribution in [0.3, 0.4) is 0 Å². The van der Waals surface area contributed by atoms with Crippen LogP contribution in [0.5, 0.6) is 0 Å². The summed E-state index contributed by atoms with van der Waals surface area (Å²) in [6.45, 7) is -0.706. The van der Waals surface area contributed by atoms with Gasteiger partial charge in [0.15, 0.2) is 16.4 Å². The summed E-state index contributed by atoms with van der Waals surface area (Å²) in [5.74, 6) is -2.56. The van der Waals surface area contributed by atoms with E-state index >= 15 is 0 Å². The molecule has 1 aliphatic rings. The molecule has 3 amide bonds. The average molecular weight is 448 g/mol. The topological polar surface area (TPSA) is 132 Å². The van der Waals surface area contributed by atoms with Crippen molar-refractivity contribution in [2.45, 2.75) is 48.8 Å². The van der Waals surface area contributed by atoms with E-state index in [0.29, 0.717) is 0 Å². The van der Waals surface area contributed by atoms with Gasteiger partial charge in [-0.15, -0.1) is 0 Å². The van der Waals surface area contributed by atoms with Crippen LogP contribution >= 0.6 is 0 Å². The predicted molar refractivity (Wildman–Crippen MR) is 110 cm³/mol. The van der Waals surface area contributed by atoms with Gasteiger partial charge in [-0.2, -0.15) is 0 Å². The lowest BCUT2D eigenvalue weighted by atomic mass is 9.96. The third-order valence-electron chi connectivity index (χ3n) is 4.91. The van der Waals surface area contributed by atoms with E-state index in [4.69, 9.17) is 9.15 Å². The quantitative estimate of drug-likeness (QED) is 0.622. The van der Waals surface area contributed by atoms with Crippen LogP contribution in [0.1, 0.15) is 48.2 Å². The minimum atomic E-state index is -3.70. The van der Waals surface area contributed by atoms with Crippen LogP contribution in [0.4, 0.5) is 4.79 Å². The van der Waals surface area contributed by atoms with E-state index in [2.05, 4.69) is 10.6 Å². The number of ether oxygens (including phenoxy) is 1. The zero-order chi connectivity index (χ0) is 22.3. The second-order valence-corrected chi connectivity index (χ2v) is 9.27. The standard InChI is InChI=1S/C21H24N2O7S/c24-18(23-21(26)22-16-7-3-1-4-8-16)13-30-20(25)19-15(11-12-29-19)14-31(27,28)17-9-5-2-6-10-17/h2,5-6,9-12,16H,1,3-4,7-8,13-14H2,(H2,22,23,24,26). The zero-order valence-electron chi connectivity index (χ0n) is 16.8. The van der Waals surface area contributed by atoms with Gasteiger partial charge in [-0.1, -0.05) is 37.5 Å². The van der Waals surface area contributed by atoms with Crippen LogP contribution in [0.25, 0.3) is 0 Å². The van der Waals surface area contributed by atoms with Crippen LogP contribution in [-0.4, -0.2) is 39.0 Å². The van der Waals surface area contributed by atoms with Gasteiger partial charge in [0.25, 0.3) is 5.91 Å². The van der Waals surface area contributed by atoms with Gasteiger partial charge in [-0.25, -0.2) is 18.0 Å². The number of rotatable bonds is 7. The van der Waals surface area contributed by atoms with Crippen LogP contribution < -0.4 is 10.6 Å². The third-order valence-corrected chi connectivity index (χ3v) is 6.59. The van der Waals surface area contributed by atoms with Crippen molar-refractivity contribution in [1.29, 1.82) is 0 Å². The molecular weight excluding hydrogens is 424 g/mol. The van der Waals surface area contributed by atoms with Crippen molar-refractivity contribution in [2.24, 2.45) is 0 Å². The Morgan fingerprint density at radius 3 is 2.45 bits per heavy atom. The first-order valence-electron chi connectivity index (χ1n) is 9.97. The molecule has 0 aliphatic heterocycles. The monoisotopic (exact) mass is 448 g/mol. The lowest BCUT2D eigenvalue weighted by Gasteiger charge is -2.22. The number of sulfone groups is 1. The van der Waals surface area contributed by atoms with E-state index in [1.54, 1.807) is 18.2 Å². The Kier molecular flexibility index (Phi) is 7.45. The minimum absolute atomic E-state index is 0.0290. The number of carbonyl (C=O) groups is 3. The van der Waals surface area contributed by atoms with Crippen LogP contribution in [0.2, 0.25) is 0 Å². The summed E-state index contributed by atoms with van der Waals surface area (Å²) in [7, 11) is -3.70. The number of furan rings is 1. The Morgan fingerprint density at radius 1 is 1.03 bits per heavy atom. The lowest BCUT2D eigenvalue weighted by molar-refractivity contribution is -0.123. The molecule has 0 radical (unpaired) electrons. The van der Waals surface area contributed by atoms with Crippen molar-refractivity contribution in [2.75, 3.05) is 6.61 Å². The molecule has 1 aliphatic carbocycles. The van der Waals surface area contributed by atoms with Gasteiger partial charge >= 0.3 is 12.0 Å². The van der Waals surface area contributed by atoms with Crippen molar-refractivity contribution in [3.05, 3.63) is 54.0 Å². The summed E-state index contributed by atoms with van der Waals surface area (Å²) in [4.78, 5) is 36.1. The molecule has 0 unspecified atom stereocenters. The first-order chi connectivity index (χ1) is 14.8. The van der Waals surface area contributed by atoms with Crippen molar-refractivity contribution < 1.29 is 32.0 Å². The highest BCUT2D eigenvalue weighted by Gasteiger charge is 2.24. The van der Waals surface area contributed by atoms with Crippen molar-refractivity contribution in [3.63, 3.8) is 0 Å². The Balaban J connectivity index is 1.51. The summed E-state index contributed by atoms with van der Waals surface area (Å²) in [5.41, 5.74) is 0.115. The summed E-state index contributed by atoms with van der Waals surface area (Å²) in [6.07, 6.45) is 6.09. The highest BCUT2D eigenvalue weighted by atomic mass is 32.2. The summed E-state index contributed by atoms with van der Waals surface area (Å²) < 4.78 is 35.0. The molecular formula is C21H24N2O7S. The number of imide groups is 1. The number of hydrogen-bond acceptors (Lipinski definition) is 7. The maximum absolute atomic E-state index is 12.5. The molecule has 0 atom stereocenters. The lowest BCUT2D eigenvalue weighted by Crippen LogP contribution is -2.46. The highest BCUT2D eigenvalue weighted by molar-refractivity contribution is 7.90. The maximum atomic E-state index is 12.5. The maximum Gasteiger partial charge on any atom is 0.375 e. The Morgan fingerprint density at radius 2 is 1.74 bits per heavy atom. The van der Waals surface area contributed by atoms with E-state index in [9.17, 15) is 22.8 Å². The molecule has 0 bridgehead atoms. The summed E-state index contributed by atoms with van der Waals surface area (Å²) >= 11 is 0. The van der Waals surface area contributed by atoms with E-state index in [-0.39, 0.29) is 22.3 Å². The number of nitrogens with one attached hydrogen (secondary N) is 2. The average Bonchev–Trinajstić information content (AvgIpc) is 3.21. The Hall–Kier alpha value is -3.14. The molecule has 31 heavy (non-hydrogen) atoms. The molecule has 1 saturated carbocycles. The van der Waals surface area contributed by atoms with E-state index in [1.807, 2.05) is 0 Å². The van der Waals surface area contributed by atoms with Gasteiger partial charge in [0.05, 0.1) is 16.9 Å². The normalized spacial score (nSPS) is 14.6. The van der Waals surface area contributed by atoms with Crippen LogP contribution in [0.15, 0.2) is 52.0 Å². The summed E-state index contributed by atoms with van der Waals surface area (Å²) in [6, 6.07) is 8.55. The molecule has 1 aromatic carbocycles. The minimum Gasteiger partial charge on any atom is -0.457 e. The fourth-order valence-corrected chi connectivity index (χ4v) is 4.75. The van der Waals surface area contributed by atoms with Gasteiger partial charge in [-0.3, -0.25) is 10.1 Å². The molecule has 166 valence electrons. The molecule has 1 aromatic heterocycles. The molecule has 2 N–H and O–H groups in total. The van der Waals surface area contributed by atoms with Gasteiger partial charge < -0.3 is 14.5 Å². The molecule has 0 saturated heterocycles. The number of amides is 3. The number of carbonyl (C=O) groups excluding carboxylic acids is 3. The van der Waals surface area contributed by atoms with Crippen molar-refractivity contribution in [1.82, 2.24) is 10.6 Å². The van der Waals surface area contributed by atoms with Gasteiger partial charge in [0, 0.05) is 11.6 Å². The zero-order valence-corrected chi connectivity index (χ0v) is 17.7. The predicted octanol–water partition coefficient (Wildman–Crippen LogP) is 2.57. The SMILES string of the molecule is O=C(COC(=O)c1occc1CS(=O)(=O)c1ccccc1)NC(=O)NC1CCCCC1. The van der Waals surface area contributed by atoms with Gasteiger partial charge in [0.1, 0.15) is 0 Å². The van der Waals surface area contributed by atoms with Crippen LogP contribution in [0, 0.1) is 0 Å². The molecule has 10 heteroatoms. The molecule has 0 spiro atoms.